The summed E-state index contributed by atoms with van der Waals surface area (Å²) in [6, 6.07) is 23.4. The van der Waals surface area contributed by atoms with Crippen LogP contribution >= 0.6 is 0 Å². The van der Waals surface area contributed by atoms with Crippen molar-refractivity contribution in [3.63, 3.8) is 0 Å². The maximum Gasteiger partial charge on any atom is 0.254 e. The third-order valence-corrected chi connectivity index (χ3v) is 6.89. The van der Waals surface area contributed by atoms with Crippen LogP contribution in [0.3, 0.4) is 0 Å². The number of amides is 2. The highest BCUT2D eigenvalue weighted by atomic mass is 19.1. The number of aryl methyl sites for hydroxylation is 1. The van der Waals surface area contributed by atoms with E-state index in [0.29, 0.717) is 48.8 Å². The second-order valence-electron chi connectivity index (χ2n) is 9.71. The van der Waals surface area contributed by atoms with Crippen LogP contribution in [0.2, 0.25) is 0 Å². The Bertz CT molecular complexity index is 1450. The molecule has 1 fully saturated rings. The van der Waals surface area contributed by atoms with Crippen LogP contribution in [-0.2, 0) is 9.53 Å². The number of carbonyl (C=O) groups excluding carboxylic acids is 2. The lowest BCUT2D eigenvalue weighted by Crippen LogP contribution is -2.45. The molecule has 0 atom stereocenters. The maximum absolute atomic E-state index is 14.5. The van der Waals surface area contributed by atoms with Crippen molar-refractivity contribution in [3.8, 4) is 16.9 Å². The number of benzene rings is 3. The van der Waals surface area contributed by atoms with Gasteiger partial charge in [0.25, 0.3) is 5.91 Å². The maximum atomic E-state index is 14.5. The second kappa shape index (κ2) is 12.7. The van der Waals surface area contributed by atoms with Gasteiger partial charge in [-0.15, -0.1) is 0 Å². The normalized spacial score (nSPS) is 13.7. The van der Waals surface area contributed by atoms with Crippen molar-refractivity contribution < 1.29 is 18.7 Å². The summed E-state index contributed by atoms with van der Waals surface area (Å²) in [5, 5.41) is 2.87. The number of anilines is 1. The Kier molecular flexibility index (Phi) is 8.63. The van der Waals surface area contributed by atoms with Crippen molar-refractivity contribution >= 4 is 17.8 Å². The smallest absolute Gasteiger partial charge is 0.254 e. The molecule has 0 spiro atoms. The number of nitrogens with one attached hydrogen (secondary N) is 1. The number of halogens is 1. The molecule has 2 heterocycles. The van der Waals surface area contributed by atoms with Gasteiger partial charge in [-0.05, 0) is 36.8 Å². The van der Waals surface area contributed by atoms with Gasteiger partial charge in [-0.3, -0.25) is 24.4 Å². The van der Waals surface area contributed by atoms with Gasteiger partial charge in [-0.1, -0.05) is 54.6 Å². The SMILES string of the molecule is Cc1ccc(-n2cc(-c3ccccc3)nc2NC(=O)CN(CCN2CCOCC2)C(=O)c2ccccc2)cc1F. The zero-order chi connectivity index (χ0) is 27.9. The largest absolute Gasteiger partial charge is 0.379 e. The molecule has 0 aliphatic carbocycles. The number of morpholine rings is 1. The standard InChI is InChI=1S/C31H32FN5O3/c1-23-12-13-26(20-27(23)32)37-21-28(24-8-4-2-5-9-24)33-31(37)34-29(38)22-36(15-14-35-16-18-40-19-17-35)30(39)25-10-6-3-7-11-25/h2-13,20-21H,14-19,22H2,1H3,(H,33,34,38). The average Bonchev–Trinajstić information content (AvgIpc) is 3.41. The molecular weight excluding hydrogens is 509 g/mol. The van der Waals surface area contributed by atoms with E-state index in [2.05, 4.69) is 15.2 Å². The van der Waals surface area contributed by atoms with Gasteiger partial charge in [-0.25, -0.2) is 9.37 Å². The number of imidazole rings is 1. The van der Waals surface area contributed by atoms with E-state index in [1.807, 2.05) is 36.4 Å². The first-order valence-corrected chi connectivity index (χ1v) is 13.3. The molecule has 1 aliphatic heterocycles. The van der Waals surface area contributed by atoms with Crippen LogP contribution in [0.25, 0.3) is 16.9 Å². The first-order chi connectivity index (χ1) is 19.5. The molecule has 40 heavy (non-hydrogen) atoms. The van der Waals surface area contributed by atoms with Crippen LogP contribution in [0.15, 0.2) is 85.1 Å². The highest BCUT2D eigenvalue weighted by Gasteiger charge is 2.22. The Hall–Kier alpha value is -4.34. The van der Waals surface area contributed by atoms with E-state index in [4.69, 9.17) is 4.74 Å². The third kappa shape index (κ3) is 6.62. The fraction of sp³-hybridized carbons (Fsp3) is 0.258. The summed E-state index contributed by atoms with van der Waals surface area (Å²) >= 11 is 0. The predicted molar refractivity (Wildman–Crippen MR) is 152 cm³/mol. The summed E-state index contributed by atoms with van der Waals surface area (Å²) in [5.74, 6) is -0.733. The molecule has 1 aliphatic rings. The summed E-state index contributed by atoms with van der Waals surface area (Å²) in [7, 11) is 0. The Labute approximate surface area is 233 Å². The first-order valence-electron chi connectivity index (χ1n) is 13.3. The van der Waals surface area contributed by atoms with Gasteiger partial charge >= 0.3 is 0 Å². The van der Waals surface area contributed by atoms with E-state index in [1.54, 1.807) is 59.0 Å². The molecule has 1 aromatic heterocycles. The van der Waals surface area contributed by atoms with Crippen LogP contribution in [0.4, 0.5) is 10.3 Å². The number of ether oxygens (including phenoxy) is 1. The fourth-order valence-corrected chi connectivity index (χ4v) is 4.59. The highest BCUT2D eigenvalue weighted by Crippen LogP contribution is 2.25. The molecule has 206 valence electrons. The molecule has 0 bridgehead atoms. The number of hydrogen-bond acceptors (Lipinski definition) is 5. The van der Waals surface area contributed by atoms with Gasteiger partial charge in [0.15, 0.2) is 0 Å². The zero-order valence-corrected chi connectivity index (χ0v) is 22.4. The first kappa shape index (κ1) is 27.2. The van der Waals surface area contributed by atoms with Gasteiger partial charge in [0.1, 0.15) is 12.4 Å². The highest BCUT2D eigenvalue weighted by molar-refractivity contribution is 5.99. The summed E-state index contributed by atoms with van der Waals surface area (Å²) in [6.45, 7) is 5.42. The molecule has 4 aromatic rings. The van der Waals surface area contributed by atoms with Gasteiger partial charge in [0.2, 0.25) is 11.9 Å². The fourth-order valence-electron chi connectivity index (χ4n) is 4.59. The Morgan fingerprint density at radius 2 is 1.70 bits per heavy atom. The third-order valence-electron chi connectivity index (χ3n) is 6.89. The van der Waals surface area contributed by atoms with E-state index in [9.17, 15) is 14.0 Å². The molecular formula is C31H32FN5O3. The van der Waals surface area contributed by atoms with Crippen LogP contribution in [0.1, 0.15) is 15.9 Å². The molecule has 0 radical (unpaired) electrons. The minimum absolute atomic E-state index is 0.159. The Morgan fingerprint density at radius 3 is 2.40 bits per heavy atom. The second-order valence-corrected chi connectivity index (χ2v) is 9.71. The molecule has 1 saturated heterocycles. The summed E-state index contributed by atoms with van der Waals surface area (Å²) < 4.78 is 21.6. The monoisotopic (exact) mass is 541 g/mol. The summed E-state index contributed by atoms with van der Waals surface area (Å²) in [5.41, 5.74) is 3.04. The van der Waals surface area contributed by atoms with Crippen LogP contribution in [0, 0.1) is 12.7 Å². The van der Waals surface area contributed by atoms with Gasteiger partial charge in [0.05, 0.1) is 24.6 Å². The lowest BCUT2D eigenvalue weighted by molar-refractivity contribution is -0.117. The predicted octanol–water partition coefficient (Wildman–Crippen LogP) is 4.40. The Morgan fingerprint density at radius 1 is 1.00 bits per heavy atom. The molecule has 5 rings (SSSR count). The molecule has 0 unspecified atom stereocenters. The minimum Gasteiger partial charge on any atom is -0.379 e. The summed E-state index contributed by atoms with van der Waals surface area (Å²) in [4.78, 5) is 35.2. The molecule has 3 aromatic carbocycles. The van der Waals surface area contributed by atoms with Crippen molar-refractivity contribution in [2.75, 3.05) is 51.3 Å². The van der Waals surface area contributed by atoms with Gasteiger partial charge in [-0.2, -0.15) is 0 Å². The van der Waals surface area contributed by atoms with Crippen molar-refractivity contribution in [1.29, 1.82) is 0 Å². The van der Waals surface area contributed by atoms with E-state index < -0.39 is 5.91 Å². The summed E-state index contributed by atoms with van der Waals surface area (Å²) in [6.07, 6.45) is 1.76. The van der Waals surface area contributed by atoms with Gasteiger partial charge in [0, 0.05) is 43.5 Å². The topological polar surface area (TPSA) is 79.7 Å². The van der Waals surface area contributed by atoms with Crippen LogP contribution < -0.4 is 5.32 Å². The van der Waals surface area contributed by atoms with E-state index in [1.165, 1.54) is 6.07 Å². The average molecular weight is 542 g/mol. The minimum atomic E-state index is -0.398. The van der Waals surface area contributed by atoms with Crippen molar-refractivity contribution in [2.24, 2.45) is 0 Å². The number of aromatic nitrogens is 2. The van der Waals surface area contributed by atoms with Crippen LogP contribution in [-0.4, -0.2) is 77.1 Å². The van der Waals surface area contributed by atoms with Gasteiger partial charge < -0.3 is 9.64 Å². The number of rotatable bonds is 9. The molecule has 0 saturated carbocycles. The number of hydrogen-bond donors (Lipinski definition) is 1. The van der Waals surface area contributed by atoms with Crippen molar-refractivity contribution in [2.45, 2.75) is 6.92 Å². The lowest BCUT2D eigenvalue weighted by atomic mass is 10.2. The molecule has 2 amide bonds. The molecule has 8 nitrogen and oxygen atoms in total. The molecule has 9 heteroatoms. The number of nitrogens with zero attached hydrogens (tertiary/aromatic N) is 4. The van der Waals surface area contributed by atoms with Crippen molar-refractivity contribution in [3.05, 3.63) is 102 Å². The quantitative estimate of drug-likeness (QED) is 0.340. The Balaban J connectivity index is 1.39. The number of carbonyl (C=O) groups is 2. The van der Waals surface area contributed by atoms with E-state index >= 15 is 0 Å². The zero-order valence-electron chi connectivity index (χ0n) is 22.4. The van der Waals surface area contributed by atoms with E-state index in [0.717, 1.165) is 18.7 Å². The molecule has 1 N–H and O–H groups in total. The van der Waals surface area contributed by atoms with E-state index in [-0.39, 0.29) is 24.2 Å². The van der Waals surface area contributed by atoms with Crippen LogP contribution in [0.5, 0.6) is 0 Å². The lowest BCUT2D eigenvalue weighted by Gasteiger charge is -2.30. The van der Waals surface area contributed by atoms with Crippen molar-refractivity contribution in [1.82, 2.24) is 19.4 Å².